The van der Waals surface area contributed by atoms with Crippen molar-refractivity contribution >= 4 is 51.9 Å². The molecule has 0 radical (unpaired) electrons. The largest absolute Gasteiger partial charge is 0.270 e. The summed E-state index contributed by atoms with van der Waals surface area (Å²) < 4.78 is 1.35. The molecule has 3 aromatic carbocycles. The Morgan fingerprint density at radius 2 is 1.63 bits per heavy atom. The zero-order chi connectivity index (χ0) is 21.3. The fourth-order valence-electron chi connectivity index (χ4n) is 3.09. The van der Waals surface area contributed by atoms with E-state index in [-0.39, 0.29) is 11.2 Å². The lowest BCUT2D eigenvalue weighted by Gasteiger charge is -2.14. The minimum atomic E-state index is -0.467. The van der Waals surface area contributed by atoms with Gasteiger partial charge in [-0.05, 0) is 35.9 Å². The number of benzene rings is 3. The predicted octanol–water partition coefficient (Wildman–Crippen LogP) is 5.77. The Morgan fingerprint density at radius 3 is 2.37 bits per heavy atom. The van der Waals surface area contributed by atoms with Gasteiger partial charge in [-0.15, -0.1) is 0 Å². The number of nitrogens with zero attached hydrogens (tertiary/aromatic N) is 3. The Labute approximate surface area is 180 Å². The van der Waals surface area contributed by atoms with Crippen LogP contribution in [-0.4, -0.2) is 14.5 Å². The van der Waals surface area contributed by atoms with Gasteiger partial charge in [0.05, 0.1) is 31.6 Å². The molecule has 1 heterocycles. The van der Waals surface area contributed by atoms with Gasteiger partial charge in [-0.3, -0.25) is 19.5 Å². The summed E-state index contributed by atoms with van der Waals surface area (Å²) in [5, 5.41) is 12.0. The Morgan fingerprint density at radius 1 is 0.933 bits per heavy atom. The van der Waals surface area contributed by atoms with Crippen LogP contribution in [-0.2, 0) is 0 Å². The topological polar surface area (TPSA) is 78.0 Å². The minimum Gasteiger partial charge on any atom is -0.268 e. The molecule has 0 bridgehead atoms. The van der Waals surface area contributed by atoms with Crippen LogP contribution >= 0.6 is 23.2 Å². The normalized spacial score (nSPS) is 11.3. The SMILES string of the molecule is O=c1c2ccccc2nc(C=Cc2cccc([N+](=O)[O-])c2)n1-c1c(Cl)cccc1Cl. The summed E-state index contributed by atoms with van der Waals surface area (Å²) in [7, 11) is 0. The van der Waals surface area contributed by atoms with Crippen molar-refractivity contribution in [2.45, 2.75) is 0 Å². The van der Waals surface area contributed by atoms with Gasteiger partial charge in [0.25, 0.3) is 11.2 Å². The highest BCUT2D eigenvalue weighted by Crippen LogP contribution is 2.29. The maximum Gasteiger partial charge on any atom is 0.270 e. The van der Waals surface area contributed by atoms with Gasteiger partial charge in [0.15, 0.2) is 0 Å². The van der Waals surface area contributed by atoms with E-state index in [1.165, 1.54) is 16.7 Å². The van der Waals surface area contributed by atoms with Gasteiger partial charge < -0.3 is 0 Å². The van der Waals surface area contributed by atoms with Crippen molar-refractivity contribution in [2.75, 3.05) is 0 Å². The van der Waals surface area contributed by atoms with E-state index >= 15 is 0 Å². The quantitative estimate of drug-likeness (QED) is 0.299. The monoisotopic (exact) mass is 437 g/mol. The molecule has 0 fully saturated rings. The highest BCUT2D eigenvalue weighted by molar-refractivity contribution is 6.37. The van der Waals surface area contributed by atoms with Crippen LogP contribution in [0.4, 0.5) is 5.69 Å². The first-order valence-electron chi connectivity index (χ1n) is 8.84. The second kappa shape index (κ2) is 8.10. The molecule has 1 aromatic heterocycles. The number of rotatable bonds is 4. The maximum atomic E-state index is 13.3. The Bertz CT molecular complexity index is 1360. The molecule has 0 atom stereocenters. The smallest absolute Gasteiger partial charge is 0.268 e. The van der Waals surface area contributed by atoms with E-state index in [2.05, 4.69) is 4.98 Å². The molecule has 4 aromatic rings. The molecule has 30 heavy (non-hydrogen) atoms. The molecule has 0 aliphatic rings. The van der Waals surface area contributed by atoms with E-state index < -0.39 is 4.92 Å². The molecule has 4 rings (SSSR count). The first kappa shape index (κ1) is 19.8. The Balaban J connectivity index is 1.96. The van der Waals surface area contributed by atoms with Crippen LogP contribution in [0.3, 0.4) is 0 Å². The number of aromatic nitrogens is 2. The third kappa shape index (κ3) is 3.70. The second-order valence-corrected chi connectivity index (χ2v) is 7.20. The number of halogens is 2. The fraction of sp³-hybridized carbons (Fsp3) is 0. The maximum absolute atomic E-state index is 13.3. The fourth-order valence-corrected chi connectivity index (χ4v) is 3.66. The van der Waals surface area contributed by atoms with Gasteiger partial charge >= 0.3 is 0 Å². The van der Waals surface area contributed by atoms with Crippen LogP contribution in [0.2, 0.25) is 10.0 Å². The second-order valence-electron chi connectivity index (χ2n) is 6.38. The number of nitro benzene ring substituents is 1. The number of nitro groups is 1. The summed E-state index contributed by atoms with van der Waals surface area (Å²) in [5.41, 5.74) is 1.07. The lowest BCUT2D eigenvalue weighted by molar-refractivity contribution is -0.384. The van der Waals surface area contributed by atoms with Gasteiger partial charge in [0.2, 0.25) is 0 Å². The number of hydrogen-bond donors (Lipinski definition) is 0. The van der Waals surface area contributed by atoms with E-state index in [0.717, 1.165) is 0 Å². The molecule has 0 saturated carbocycles. The van der Waals surface area contributed by atoms with Gasteiger partial charge in [-0.2, -0.15) is 0 Å². The lowest BCUT2D eigenvalue weighted by atomic mass is 10.2. The van der Waals surface area contributed by atoms with Crippen molar-refractivity contribution in [1.29, 1.82) is 0 Å². The van der Waals surface area contributed by atoms with Gasteiger partial charge in [0.1, 0.15) is 5.82 Å². The molecule has 0 N–H and O–H groups in total. The van der Waals surface area contributed by atoms with Crippen molar-refractivity contribution in [3.8, 4) is 5.69 Å². The number of fused-ring (bicyclic) bond motifs is 1. The highest BCUT2D eigenvalue weighted by atomic mass is 35.5. The van der Waals surface area contributed by atoms with Crippen LogP contribution < -0.4 is 5.56 Å². The minimum absolute atomic E-state index is 0.0323. The molecule has 6 nitrogen and oxygen atoms in total. The van der Waals surface area contributed by atoms with E-state index in [9.17, 15) is 14.9 Å². The zero-order valence-electron chi connectivity index (χ0n) is 15.3. The molecule has 0 aliphatic carbocycles. The van der Waals surface area contributed by atoms with E-state index in [4.69, 9.17) is 23.2 Å². The zero-order valence-corrected chi connectivity index (χ0v) is 16.8. The molecule has 148 valence electrons. The van der Waals surface area contributed by atoms with Gasteiger partial charge in [0, 0.05) is 12.1 Å². The Hall–Kier alpha value is -3.48. The molecule has 0 saturated heterocycles. The van der Waals surface area contributed by atoms with Gasteiger partial charge in [-0.1, -0.05) is 59.6 Å². The molecule has 8 heteroatoms. The first-order valence-corrected chi connectivity index (χ1v) is 9.60. The molecule has 0 unspecified atom stereocenters. The van der Waals surface area contributed by atoms with E-state index in [0.29, 0.717) is 38.0 Å². The number of para-hydroxylation sites is 2. The van der Waals surface area contributed by atoms with E-state index in [1.54, 1.807) is 66.7 Å². The average molecular weight is 438 g/mol. The summed E-state index contributed by atoms with van der Waals surface area (Å²) in [5.74, 6) is 0.292. The van der Waals surface area contributed by atoms with Crippen molar-refractivity contribution in [1.82, 2.24) is 9.55 Å². The summed E-state index contributed by atoms with van der Waals surface area (Å²) >= 11 is 12.7. The Kier molecular flexibility index (Phi) is 5.35. The summed E-state index contributed by atoms with van der Waals surface area (Å²) in [6.45, 7) is 0. The predicted molar refractivity (Wildman–Crippen MR) is 119 cm³/mol. The third-order valence-corrected chi connectivity index (χ3v) is 5.08. The highest BCUT2D eigenvalue weighted by Gasteiger charge is 2.16. The van der Waals surface area contributed by atoms with Crippen LogP contribution in [0.1, 0.15) is 11.4 Å². The number of non-ortho nitro benzene ring substituents is 1. The third-order valence-electron chi connectivity index (χ3n) is 4.47. The van der Waals surface area contributed by atoms with Crippen LogP contribution in [0.25, 0.3) is 28.7 Å². The van der Waals surface area contributed by atoms with Crippen LogP contribution in [0, 0.1) is 10.1 Å². The number of hydrogen-bond acceptors (Lipinski definition) is 4. The standard InChI is InChI=1S/C22H13Cl2N3O3/c23-17-8-4-9-18(24)21(17)26-20(25-19-10-2-1-7-16(19)22(26)28)12-11-14-5-3-6-15(13-14)27(29)30/h1-13H. The van der Waals surface area contributed by atoms with E-state index in [1.807, 2.05) is 0 Å². The molecular weight excluding hydrogens is 425 g/mol. The van der Waals surface area contributed by atoms with Crippen LogP contribution in [0.15, 0.2) is 71.5 Å². The van der Waals surface area contributed by atoms with Crippen molar-refractivity contribution in [3.63, 3.8) is 0 Å². The summed E-state index contributed by atoms with van der Waals surface area (Å²) in [6.07, 6.45) is 3.25. The first-order chi connectivity index (χ1) is 14.5. The summed E-state index contributed by atoms with van der Waals surface area (Å²) in [6, 6.07) is 18.1. The molecule has 0 spiro atoms. The average Bonchev–Trinajstić information content (AvgIpc) is 2.74. The molecule has 0 amide bonds. The molecular formula is C22H13Cl2N3O3. The van der Waals surface area contributed by atoms with Crippen molar-refractivity contribution < 1.29 is 4.92 Å². The summed E-state index contributed by atoms with van der Waals surface area (Å²) in [4.78, 5) is 28.4. The van der Waals surface area contributed by atoms with Gasteiger partial charge in [-0.25, -0.2) is 4.98 Å². The molecule has 0 aliphatic heterocycles. The van der Waals surface area contributed by atoms with Crippen molar-refractivity contribution in [2.24, 2.45) is 0 Å². The lowest BCUT2D eigenvalue weighted by Crippen LogP contribution is -2.23. The van der Waals surface area contributed by atoms with Crippen LogP contribution in [0.5, 0.6) is 0 Å². The van der Waals surface area contributed by atoms with Crippen molar-refractivity contribution in [3.05, 3.63) is 109 Å².